The van der Waals surface area contributed by atoms with Crippen LogP contribution in [0.4, 0.5) is 10.1 Å². The highest BCUT2D eigenvalue weighted by atomic mass is 19.1. The molecule has 1 aliphatic heterocycles. The zero-order chi connectivity index (χ0) is 18.8. The molecular formula is C19H28FN3O3. The van der Waals surface area contributed by atoms with Crippen LogP contribution in [0.5, 0.6) is 0 Å². The monoisotopic (exact) mass is 365 g/mol. The summed E-state index contributed by atoms with van der Waals surface area (Å²) in [4.78, 5) is 27.8. The van der Waals surface area contributed by atoms with E-state index in [1.54, 1.807) is 17.0 Å². The van der Waals surface area contributed by atoms with Crippen LogP contribution in [-0.2, 0) is 14.3 Å². The van der Waals surface area contributed by atoms with Gasteiger partial charge in [0.1, 0.15) is 5.82 Å². The van der Waals surface area contributed by atoms with Crippen LogP contribution >= 0.6 is 0 Å². The van der Waals surface area contributed by atoms with E-state index in [1.165, 1.54) is 12.1 Å². The number of nitrogens with one attached hydrogen (secondary N) is 1. The number of hydrogen-bond acceptors (Lipinski definition) is 4. The minimum atomic E-state index is -0.561. The number of unbranched alkanes of at least 4 members (excludes halogenated alkanes) is 1. The lowest BCUT2D eigenvalue weighted by Crippen LogP contribution is -2.52. The summed E-state index contributed by atoms with van der Waals surface area (Å²) in [6, 6.07) is 6.29. The van der Waals surface area contributed by atoms with Crippen molar-refractivity contribution in [3.8, 4) is 0 Å². The highest BCUT2D eigenvalue weighted by Gasteiger charge is 2.25. The maximum Gasteiger partial charge on any atom is 0.312 e. The number of carbonyl (C=O) groups excluding carboxylic acids is 2. The molecule has 0 unspecified atom stereocenters. The van der Waals surface area contributed by atoms with Gasteiger partial charge in [0.25, 0.3) is 0 Å². The van der Waals surface area contributed by atoms with E-state index in [2.05, 4.69) is 17.1 Å². The molecule has 26 heavy (non-hydrogen) atoms. The lowest BCUT2D eigenvalue weighted by molar-refractivity contribution is -0.146. The van der Waals surface area contributed by atoms with Crippen molar-refractivity contribution in [3.05, 3.63) is 30.1 Å². The number of halogens is 1. The van der Waals surface area contributed by atoms with Crippen LogP contribution in [0.2, 0.25) is 0 Å². The first kappa shape index (κ1) is 20.2. The molecule has 0 aliphatic carbocycles. The molecule has 0 bridgehead atoms. The van der Waals surface area contributed by atoms with E-state index in [9.17, 15) is 14.0 Å². The van der Waals surface area contributed by atoms with E-state index in [0.29, 0.717) is 45.8 Å². The number of hydrogen-bond donors (Lipinski definition) is 1. The van der Waals surface area contributed by atoms with Crippen molar-refractivity contribution in [2.24, 2.45) is 0 Å². The SMILES string of the molecule is CCCCOCCCNC(=O)C(=O)N1CCN(c2ccc(F)cc2)CC1. The molecule has 0 atom stereocenters. The number of carbonyl (C=O) groups is 2. The molecule has 1 fully saturated rings. The van der Waals surface area contributed by atoms with E-state index in [1.807, 2.05) is 0 Å². The fraction of sp³-hybridized carbons (Fsp3) is 0.579. The molecule has 2 rings (SSSR count). The lowest BCUT2D eigenvalue weighted by atomic mass is 10.2. The summed E-state index contributed by atoms with van der Waals surface area (Å²) in [6.07, 6.45) is 2.83. The minimum absolute atomic E-state index is 0.269. The Balaban J connectivity index is 1.65. The zero-order valence-corrected chi connectivity index (χ0v) is 15.4. The van der Waals surface area contributed by atoms with Gasteiger partial charge in [-0.1, -0.05) is 13.3 Å². The molecule has 0 radical (unpaired) electrons. The van der Waals surface area contributed by atoms with E-state index in [4.69, 9.17) is 4.74 Å². The summed E-state index contributed by atoms with van der Waals surface area (Å²) in [5, 5.41) is 2.65. The van der Waals surface area contributed by atoms with Crippen molar-refractivity contribution >= 4 is 17.5 Å². The number of nitrogens with zero attached hydrogens (tertiary/aromatic N) is 2. The maximum absolute atomic E-state index is 13.0. The average molecular weight is 365 g/mol. The molecule has 6 nitrogen and oxygen atoms in total. The maximum atomic E-state index is 13.0. The molecule has 0 aromatic heterocycles. The van der Waals surface area contributed by atoms with Crippen LogP contribution in [-0.4, -0.2) is 62.7 Å². The normalized spacial score (nSPS) is 14.4. The third-order valence-corrected chi connectivity index (χ3v) is 4.35. The standard InChI is InChI=1S/C19H28FN3O3/c1-2-3-14-26-15-4-9-21-18(24)19(25)23-12-10-22(11-13-23)17-7-5-16(20)6-8-17/h5-8H,2-4,9-15H2,1H3,(H,21,24). The van der Waals surface area contributed by atoms with Crippen molar-refractivity contribution in [3.63, 3.8) is 0 Å². The van der Waals surface area contributed by atoms with Gasteiger partial charge in [-0.3, -0.25) is 9.59 Å². The summed E-state index contributed by atoms with van der Waals surface area (Å²) in [6.45, 7) is 6.06. The Morgan fingerprint density at radius 3 is 2.38 bits per heavy atom. The summed E-state index contributed by atoms with van der Waals surface area (Å²) in [5.74, 6) is -1.32. The first-order valence-corrected chi connectivity index (χ1v) is 9.27. The Morgan fingerprint density at radius 2 is 1.73 bits per heavy atom. The highest BCUT2D eigenvalue weighted by molar-refractivity contribution is 6.35. The van der Waals surface area contributed by atoms with Crippen molar-refractivity contribution < 1.29 is 18.7 Å². The molecule has 0 spiro atoms. The smallest absolute Gasteiger partial charge is 0.312 e. The number of anilines is 1. The number of piperazine rings is 1. The van der Waals surface area contributed by atoms with E-state index in [-0.39, 0.29) is 5.82 Å². The Hall–Kier alpha value is -2.15. The van der Waals surface area contributed by atoms with Crippen molar-refractivity contribution in [1.29, 1.82) is 0 Å². The lowest BCUT2D eigenvalue weighted by Gasteiger charge is -2.35. The first-order chi connectivity index (χ1) is 12.6. The second kappa shape index (κ2) is 10.8. The van der Waals surface area contributed by atoms with Gasteiger partial charge in [-0.2, -0.15) is 0 Å². The molecular weight excluding hydrogens is 337 g/mol. The minimum Gasteiger partial charge on any atom is -0.381 e. The van der Waals surface area contributed by atoms with E-state index >= 15 is 0 Å². The van der Waals surface area contributed by atoms with Gasteiger partial charge in [0, 0.05) is 51.6 Å². The van der Waals surface area contributed by atoms with Crippen molar-refractivity contribution in [2.45, 2.75) is 26.2 Å². The van der Waals surface area contributed by atoms with Crippen molar-refractivity contribution in [1.82, 2.24) is 10.2 Å². The van der Waals surface area contributed by atoms with Gasteiger partial charge in [0.05, 0.1) is 0 Å². The van der Waals surface area contributed by atoms with Crippen LogP contribution in [0.15, 0.2) is 24.3 Å². The average Bonchev–Trinajstić information content (AvgIpc) is 2.67. The summed E-state index contributed by atoms with van der Waals surface area (Å²) in [7, 11) is 0. The van der Waals surface area contributed by atoms with Crippen molar-refractivity contribution in [2.75, 3.05) is 50.8 Å². The fourth-order valence-electron chi connectivity index (χ4n) is 2.76. The highest BCUT2D eigenvalue weighted by Crippen LogP contribution is 2.16. The van der Waals surface area contributed by atoms with Gasteiger partial charge < -0.3 is 19.9 Å². The molecule has 1 aliphatic rings. The fourth-order valence-corrected chi connectivity index (χ4v) is 2.76. The number of rotatable bonds is 8. The third kappa shape index (κ3) is 6.29. The van der Waals surface area contributed by atoms with Gasteiger partial charge in [-0.05, 0) is 37.1 Å². The molecule has 1 aromatic carbocycles. The number of ether oxygens (including phenoxy) is 1. The van der Waals surface area contributed by atoms with Crippen LogP contribution < -0.4 is 10.2 Å². The Bertz CT molecular complexity index is 572. The molecule has 1 heterocycles. The number of benzene rings is 1. The van der Waals surface area contributed by atoms with Gasteiger partial charge in [0.2, 0.25) is 0 Å². The van der Waals surface area contributed by atoms with Crippen LogP contribution in [0, 0.1) is 5.82 Å². The molecule has 144 valence electrons. The predicted octanol–water partition coefficient (Wildman–Crippen LogP) is 1.80. The quantitative estimate of drug-likeness (QED) is 0.564. The number of amides is 2. The van der Waals surface area contributed by atoms with Crippen LogP contribution in [0.3, 0.4) is 0 Å². The first-order valence-electron chi connectivity index (χ1n) is 9.27. The third-order valence-electron chi connectivity index (χ3n) is 4.35. The van der Waals surface area contributed by atoms with E-state index in [0.717, 1.165) is 25.1 Å². The zero-order valence-electron chi connectivity index (χ0n) is 15.4. The Morgan fingerprint density at radius 1 is 1.08 bits per heavy atom. The molecule has 1 aromatic rings. The molecule has 1 N–H and O–H groups in total. The molecule has 7 heteroatoms. The van der Waals surface area contributed by atoms with Crippen LogP contribution in [0.25, 0.3) is 0 Å². The summed E-state index contributed by atoms with van der Waals surface area (Å²) >= 11 is 0. The van der Waals surface area contributed by atoms with Gasteiger partial charge in [0.15, 0.2) is 0 Å². The molecule has 0 saturated carbocycles. The molecule has 1 saturated heterocycles. The van der Waals surface area contributed by atoms with Gasteiger partial charge in [-0.15, -0.1) is 0 Å². The second-order valence-corrected chi connectivity index (χ2v) is 6.33. The molecule has 2 amide bonds. The van der Waals surface area contributed by atoms with E-state index < -0.39 is 11.8 Å². The summed E-state index contributed by atoms with van der Waals surface area (Å²) < 4.78 is 18.4. The summed E-state index contributed by atoms with van der Waals surface area (Å²) in [5.41, 5.74) is 0.922. The topological polar surface area (TPSA) is 61.9 Å². The second-order valence-electron chi connectivity index (χ2n) is 6.33. The largest absolute Gasteiger partial charge is 0.381 e. The Labute approximate surface area is 154 Å². The predicted molar refractivity (Wildman–Crippen MR) is 98.5 cm³/mol. The van der Waals surface area contributed by atoms with Gasteiger partial charge in [-0.25, -0.2) is 4.39 Å². The van der Waals surface area contributed by atoms with Gasteiger partial charge >= 0.3 is 11.8 Å². The Kier molecular flexibility index (Phi) is 8.34. The van der Waals surface area contributed by atoms with Crippen LogP contribution in [0.1, 0.15) is 26.2 Å².